The summed E-state index contributed by atoms with van der Waals surface area (Å²) in [5, 5.41) is 7.07. The van der Waals surface area contributed by atoms with Crippen LogP contribution in [0.15, 0.2) is 0 Å². The number of nitrogens with zero attached hydrogens (tertiary/aromatic N) is 4. The maximum Gasteiger partial charge on any atom is 0.236 e. The van der Waals surface area contributed by atoms with Gasteiger partial charge in [0.1, 0.15) is 11.9 Å². The Morgan fingerprint density at radius 3 is 3.00 bits per heavy atom. The smallest absolute Gasteiger partial charge is 0.236 e. The zero-order valence-electron chi connectivity index (χ0n) is 12.9. The molecule has 3 heterocycles. The second-order valence-electron chi connectivity index (χ2n) is 6.30. The number of amides is 1. The minimum atomic E-state index is -0.0335. The molecule has 0 spiro atoms. The van der Waals surface area contributed by atoms with E-state index in [1.807, 2.05) is 30.8 Å². The molecule has 21 heavy (non-hydrogen) atoms. The number of aromatic nitrogens is 3. The Kier molecular flexibility index (Phi) is 3.95. The lowest BCUT2D eigenvalue weighted by atomic mass is 9.91. The van der Waals surface area contributed by atoms with Crippen LogP contribution in [0.3, 0.4) is 0 Å². The molecule has 7 heteroatoms. The third-order valence-electron chi connectivity index (χ3n) is 4.26. The van der Waals surface area contributed by atoms with Crippen LogP contribution in [-0.4, -0.2) is 70.7 Å². The van der Waals surface area contributed by atoms with Crippen molar-refractivity contribution in [1.29, 1.82) is 0 Å². The molecule has 1 aromatic heterocycles. The number of aromatic amines is 1. The van der Waals surface area contributed by atoms with E-state index in [-0.39, 0.29) is 18.1 Å². The van der Waals surface area contributed by atoms with Crippen molar-refractivity contribution < 1.29 is 9.53 Å². The maximum atomic E-state index is 12.2. The molecule has 116 valence electrons. The van der Waals surface area contributed by atoms with E-state index < -0.39 is 0 Å². The summed E-state index contributed by atoms with van der Waals surface area (Å²) in [6, 6.07) is 0. The molecule has 0 unspecified atom stereocenters. The molecule has 3 atom stereocenters. The van der Waals surface area contributed by atoms with E-state index in [9.17, 15) is 4.79 Å². The van der Waals surface area contributed by atoms with Gasteiger partial charge in [0, 0.05) is 13.1 Å². The Balaban J connectivity index is 1.61. The molecular weight excluding hydrogens is 270 g/mol. The number of hydrogen-bond donors (Lipinski definition) is 1. The first-order valence-corrected chi connectivity index (χ1v) is 7.50. The first kappa shape index (κ1) is 14.5. The lowest BCUT2D eigenvalue weighted by Gasteiger charge is -2.34. The summed E-state index contributed by atoms with van der Waals surface area (Å²) in [5.74, 6) is 2.25. The molecule has 0 saturated carbocycles. The van der Waals surface area contributed by atoms with Gasteiger partial charge in [0.15, 0.2) is 5.82 Å². The first-order valence-electron chi connectivity index (χ1n) is 7.50. The largest absolute Gasteiger partial charge is 0.365 e. The van der Waals surface area contributed by atoms with Gasteiger partial charge in [0.25, 0.3) is 0 Å². The van der Waals surface area contributed by atoms with Crippen molar-refractivity contribution in [1.82, 2.24) is 25.0 Å². The van der Waals surface area contributed by atoms with E-state index in [0.717, 1.165) is 31.0 Å². The normalized spacial score (nSPS) is 29.0. The van der Waals surface area contributed by atoms with Crippen LogP contribution in [0.5, 0.6) is 0 Å². The van der Waals surface area contributed by atoms with Gasteiger partial charge in [-0.1, -0.05) is 0 Å². The van der Waals surface area contributed by atoms with Crippen molar-refractivity contribution in [3.8, 4) is 0 Å². The molecule has 2 fully saturated rings. The number of carbonyl (C=O) groups excluding carboxylic acids is 1. The van der Waals surface area contributed by atoms with Gasteiger partial charge < -0.3 is 14.5 Å². The number of nitrogens with one attached hydrogen (secondary N) is 1. The van der Waals surface area contributed by atoms with Gasteiger partial charge in [-0.2, -0.15) is 5.10 Å². The van der Waals surface area contributed by atoms with Gasteiger partial charge in [-0.25, -0.2) is 4.98 Å². The highest BCUT2D eigenvalue weighted by molar-refractivity contribution is 5.78. The molecule has 1 N–H and O–H groups in total. The predicted octanol–water partition coefficient (Wildman–Crippen LogP) is 0.353. The monoisotopic (exact) mass is 293 g/mol. The molecule has 2 saturated heterocycles. The standard InChI is InChI=1S/C14H23N5O2/c1-9-15-14(17-16-9)11-6-10-4-5-19(7-12(10)21-11)13(20)8-18(2)3/h10-12H,4-8H2,1-3H3,(H,15,16,17)/t10-,11+,12+/m1/s1. The number of ether oxygens (including phenoxy) is 1. The van der Waals surface area contributed by atoms with Crippen molar-refractivity contribution in [2.45, 2.75) is 32.0 Å². The molecule has 0 aromatic carbocycles. The van der Waals surface area contributed by atoms with Gasteiger partial charge in [-0.3, -0.25) is 9.89 Å². The fourth-order valence-corrected chi connectivity index (χ4v) is 3.20. The molecule has 7 nitrogen and oxygen atoms in total. The fraction of sp³-hybridized carbons (Fsp3) is 0.786. The molecule has 3 rings (SSSR count). The summed E-state index contributed by atoms with van der Waals surface area (Å²) in [6.45, 7) is 3.87. The van der Waals surface area contributed by atoms with Gasteiger partial charge in [0.2, 0.25) is 5.91 Å². The van der Waals surface area contributed by atoms with Crippen LogP contribution >= 0.6 is 0 Å². The number of piperidine rings is 1. The van der Waals surface area contributed by atoms with E-state index in [2.05, 4.69) is 15.2 Å². The maximum absolute atomic E-state index is 12.2. The van der Waals surface area contributed by atoms with Gasteiger partial charge >= 0.3 is 0 Å². The summed E-state index contributed by atoms with van der Waals surface area (Å²) in [6.07, 6.45) is 2.05. The van der Waals surface area contributed by atoms with Gasteiger partial charge in [0.05, 0.1) is 12.6 Å². The number of hydrogen-bond acceptors (Lipinski definition) is 5. The Hall–Kier alpha value is -1.47. The van der Waals surface area contributed by atoms with Crippen molar-refractivity contribution >= 4 is 5.91 Å². The van der Waals surface area contributed by atoms with E-state index in [4.69, 9.17) is 4.74 Å². The second kappa shape index (κ2) is 5.73. The third kappa shape index (κ3) is 3.08. The van der Waals surface area contributed by atoms with Crippen LogP contribution < -0.4 is 0 Å². The van der Waals surface area contributed by atoms with Crippen LogP contribution in [0.1, 0.15) is 30.6 Å². The van der Waals surface area contributed by atoms with E-state index in [1.165, 1.54) is 0 Å². The summed E-state index contributed by atoms with van der Waals surface area (Å²) in [5.41, 5.74) is 0. The van der Waals surface area contributed by atoms with Crippen molar-refractivity contribution in [3.05, 3.63) is 11.6 Å². The Morgan fingerprint density at radius 2 is 2.33 bits per heavy atom. The number of H-pyrrole nitrogens is 1. The topological polar surface area (TPSA) is 74.3 Å². The van der Waals surface area contributed by atoms with E-state index in [1.54, 1.807) is 0 Å². The number of rotatable bonds is 3. The molecule has 2 aliphatic heterocycles. The highest BCUT2D eigenvalue weighted by atomic mass is 16.5. The molecule has 1 aromatic rings. The van der Waals surface area contributed by atoms with Crippen molar-refractivity contribution in [2.75, 3.05) is 33.7 Å². The van der Waals surface area contributed by atoms with E-state index >= 15 is 0 Å². The summed E-state index contributed by atoms with van der Waals surface area (Å²) >= 11 is 0. The molecule has 0 bridgehead atoms. The SMILES string of the molecule is Cc1nc([C@@H]2C[C@H]3CCN(C(=O)CN(C)C)C[C@@H]3O2)n[nH]1. The predicted molar refractivity (Wildman–Crippen MR) is 76.6 cm³/mol. The highest BCUT2D eigenvalue weighted by Gasteiger charge is 2.41. The molecule has 0 radical (unpaired) electrons. The number of fused-ring (bicyclic) bond motifs is 1. The average Bonchev–Trinajstić information content (AvgIpc) is 3.02. The minimum absolute atomic E-state index is 0.0335. The zero-order valence-corrected chi connectivity index (χ0v) is 12.9. The molecule has 1 amide bonds. The Morgan fingerprint density at radius 1 is 1.52 bits per heavy atom. The van der Waals surface area contributed by atoms with Crippen molar-refractivity contribution in [2.24, 2.45) is 5.92 Å². The molecular formula is C14H23N5O2. The quantitative estimate of drug-likeness (QED) is 0.870. The number of carbonyl (C=O) groups is 1. The average molecular weight is 293 g/mol. The molecule has 0 aliphatic carbocycles. The summed E-state index contributed by atoms with van der Waals surface area (Å²) in [4.78, 5) is 20.3. The van der Waals surface area contributed by atoms with Crippen LogP contribution in [0.25, 0.3) is 0 Å². The third-order valence-corrected chi connectivity index (χ3v) is 4.26. The van der Waals surface area contributed by atoms with Crippen LogP contribution in [-0.2, 0) is 9.53 Å². The number of likely N-dealkylation sites (N-methyl/N-ethyl adjacent to an activating group) is 1. The lowest BCUT2D eigenvalue weighted by Crippen LogP contribution is -2.47. The van der Waals surface area contributed by atoms with Gasteiger partial charge in [-0.05, 0) is 39.8 Å². The summed E-state index contributed by atoms with van der Waals surface area (Å²) in [7, 11) is 3.83. The van der Waals surface area contributed by atoms with Crippen molar-refractivity contribution in [3.63, 3.8) is 0 Å². The summed E-state index contributed by atoms with van der Waals surface area (Å²) < 4.78 is 6.10. The Labute approximate surface area is 124 Å². The second-order valence-corrected chi connectivity index (χ2v) is 6.30. The first-order chi connectivity index (χ1) is 10.0. The lowest BCUT2D eigenvalue weighted by molar-refractivity contribution is -0.136. The van der Waals surface area contributed by atoms with Crippen LogP contribution in [0, 0.1) is 12.8 Å². The number of aryl methyl sites for hydroxylation is 1. The fourth-order valence-electron chi connectivity index (χ4n) is 3.20. The van der Waals surface area contributed by atoms with Gasteiger partial charge in [-0.15, -0.1) is 0 Å². The Bertz CT molecular complexity index is 515. The number of likely N-dealkylation sites (tertiary alicyclic amines) is 1. The zero-order chi connectivity index (χ0) is 15.0. The molecule has 2 aliphatic rings. The minimum Gasteiger partial charge on any atom is -0.365 e. The van der Waals surface area contributed by atoms with E-state index in [0.29, 0.717) is 19.0 Å². The van der Waals surface area contributed by atoms with Crippen LogP contribution in [0.4, 0.5) is 0 Å². The highest BCUT2D eigenvalue weighted by Crippen LogP contribution is 2.39. The van der Waals surface area contributed by atoms with Crippen LogP contribution in [0.2, 0.25) is 0 Å².